The standard InChI is InChI=1S/C15H17NO5/c1-3-21-13(17)9-16-14(18)10(2)8-11-4-6-12(7-5-11)15(19)20/h4-8H,3,9H2,1-2H3,(H,16,18)(H,19,20)/b10-8+. The highest BCUT2D eigenvalue weighted by Crippen LogP contribution is 2.09. The normalized spacial score (nSPS) is 10.9. The van der Waals surface area contributed by atoms with Gasteiger partial charge in [0.1, 0.15) is 6.54 Å². The number of hydrogen-bond acceptors (Lipinski definition) is 4. The highest BCUT2D eigenvalue weighted by Gasteiger charge is 2.08. The highest BCUT2D eigenvalue weighted by atomic mass is 16.5. The maximum atomic E-state index is 11.7. The van der Waals surface area contributed by atoms with Crippen molar-refractivity contribution in [1.29, 1.82) is 0 Å². The van der Waals surface area contributed by atoms with E-state index in [0.717, 1.165) is 0 Å². The van der Waals surface area contributed by atoms with Crippen LogP contribution in [0.3, 0.4) is 0 Å². The molecule has 0 unspecified atom stereocenters. The molecule has 0 spiro atoms. The van der Waals surface area contributed by atoms with Crippen molar-refractivity contribution in [2.75, 3.05) is 13.2 Å². The van der Waals surface area contributed by atoms with Crippen LogP contribution >= 0.6 is 0 Å². The third-order valence-corrected chi connectivity index (χ3v) is 2.60. The number of carboxylic acids is 1. The topological polar surface area (TPSA) is 92.7 Å². The number of carbonyl (C=O) groups excluding carboxylic acids is 2. The number of esters is 1. The van der Waals surface area contributed by atoms with E-state index in [1.165, 1.54) is 12.1 Å². The van der Waals surface area contributed by atoms with Crippen LogP contribution < -0.4 is 5.32 Å². The van der Waals surface area contributed by atoms with E-state index in [1.54, 1.807) is 32.1 Å². The van der Waals surface area contributed by atoms with E-state index < -0.39 is 11.9 Å². The van der Waals surface area contributed by atoms with E-state index >= 15 is 0 Å². The molecular weight excluding hydrogens is 274 g/mol. The second-order valence-corrected chi connectivity index (χ2v) is 4.24. The average molecular weight is 291 g/mol. The van der Waals surface area contributed by atoms with Crippen LogP contribution in [0.1, 0.15) is 29.8 Å². The van der Waals surface area contributed by atoms with E-state index in [1.807, 2.05) is 0 Å². The number of nitrogens with one attached hydrogen (secondary N) is 1. The fraction of sp³-hybridized carbons (Fsp3) is 0.267. The Morgan fingerprint density at radius 2 is 1.86 bits per heavy atom. The molecule has 0 aromatic heterocycles. The molecule has 1 rings (SSSR count). The molecule has 0 saturated heterocycles. The summed E-state index contributed by atoms with van der Waals surface area (Å²) in [5.41, 5.74) is 1.28. The molecule has 112 valence electrons. The van der Waals surface area contributed by atoms with Crippen molar-refractivity contribution >= 4 is 23.9 Å². The van der Waals surface area contributed by atoms with Gasteiger partial charge < -0.3 is 15.2 Å². The third kappa shape index (κ3) is 5.48. The number of ether oxygens (including phenoxy) is 1. The van der Waals surface area contributed by atoms with Crippen molar-refractivity contribution in [1.82, 2.24) is 5.32 Å². The smallest absolute Gasteiger partial charge is 0.335 e. The van der Waals surface area contributed by atoms with Crippen LogP contribution in [0.4, 0.5) is 0 Å². The summed E-state index contributed by atoms with van der Waals surface area (Å²) in [4.78, 5) is 33.6. The first-order chi connectivity index (χ1) is 9.93. The van der Waals surface area contributed by atoms with Crippen molar-refractivity contribution in [3.63, 3.8) is 0 Å². The molecule has 6 nitrogen and oxygen atoms in total. The number of carboxylic acid groups (broad SMARTS) is 1. The van der Waals surface area contributed by atoms with Gasteiger partial charge in [-0.15, -0.1) is 0 Å². The van der Waals surface area contributed by atoms with Crippen molar-refractivity contribution in [2.45, 2.75) is 13.8 Å². The minimum Gasteiger partial charge on any atom is -0.478 e. The van der Waals surface area contributed by atoms with E-state index in [0.29, 0.717) is 11.1 Å². The molecule has 0 aliphatic rings. The Hall–Kier alpha value is -2.63. The predicted molar refractivity (Wildman–Crippen MR) is 76.7 cm³/mol. The Labute approximate surface area is 122 Å². The number of rotatable bonds is 6. The number of carbonyl (C=O) groups is 3. The van der Waals surface area contributed by atoms with E-state index in [4.69, 9.17) is 9.84 Å². The van der Waals surface area contributed by atoms with Gasteiger partial charge in [0, 0.05) is 5.57 Å². The zero-order chi connectivity index (χ0) is 15.8. The van der Waals surface area contributed by atoms with Crippen molar-refractivity contribution < 1.29 is 24.2 Å². The molecule has 0 aliphatic heterocycles. The highest BCUT2D eigenvalue weighted by molar-refractivity contribution is 5.98. The maximum absolute atomic E-state index is 11.7. The molecule has 0 atom stereocenters. The monoisotopic (exact) mass is 291 g/mol. The molecule has 0 fully saturated rings. The lowest BCUT2D eigenvalue weighted by molar-refractivity contribution is -0.143. The molecule has 0 aliphatic carbocycles. The molecule has 0 radical (unpaired) electrons. The quantitative estimate of drug-likeness (QED) is 0.611. The van der Waals surface area contributed by atoms with Crippen LogP contribution in [0.5, 0.6) is 0 Å². The summed E-state index contributed by atoms with van der Waals surface area (Å²) < 4.78 is 4.70. The molecule has 21 heavy (non-hydrogen) atoms. The van der Waals surface area contributed by atoms with Crippen LogP contribution in [-0.4, -0.2) is 36.1 Å². The molecule has 1 amide bonds. The summed E-state index contributed by atoms with van der Waals surface area (Å²) in [5.74, 6) is -1.88. The van der Waals surface area contributed by atoms with E-state index in [9.17, 15) is 14.4 Å². The van der Waals surface area contributed by atoms with Gasteiger partial charge in [0.25, 0.3) is 0 Å². The second kappa shape index (κ2) is 7.84. The Bertz CT molecular complexity index is 560. The largest absolute Gasteiger partial charge is 0.478 e. The van der Waals surface area contributed by atoms with Crippen molar-refractivity contribution in [3.05, 3.63) is 41.0 Å². The van der Waals surface area contributed by atoms with Gasteiger partial charge in [-0.2, -0.15) is 0 Å². The average Bonchev–Trinajstić information content (AvgIpc) is 2.45. The first-order valence-corrected chi connectivity index (χ1v) is 6.39. The van der Waals surface area contributed by atoms with E-state index in [-0.39, 0.29) is 24.6 Å². The summed E-state index contributed by atoms with van der Waals surface area (Å²) in [6, 6.07) is 6.12. The minimum atomic E-state index is -1.01. The van der Waals surface area contributed by atoms with Crippen molar-refractivity contribution in [2.24, 2.45) is 0 Å². The molecule has 0 saturated carbocycles. The van der Waals surface area contributed by atoms with Gasteiger partial charge in [-0.3, -0.25) is 9.59 Å². The van der Waals surface area contributed by atoms with Gasteiger partial charge in [-0.05, 0) is 37.6 Å². The fourth-order valence-corrected chi connectivity index (χ4v) is 1.54. The number of aromatic carboxylic acids is 1. The number of amides is 1. The fourth-order valence-electron chi connectivity index (χ4n) is 1.54. The van der Waals surface area contributed by atoms with Crippen LogP contribution in [0.15, 0.2) is 29.8 Å². The summed E-state index contributed by atoms with van der Waals surface area (Å²) >= 11 is 0. The minimum absolute atomic E-state index is 0.177. The summed E-state index contributed by atoms with van der Waals surface area (Å²) in [6.07, 6.45) is 1.60. The zero-order valence-electron chi connectivity index (χ0n) is 11.9. The molecule has 1 aromatic carbocycles. The predicted octanol–water partition coefficient (Wildman–Crippen LogP) is 1.47. The lowest BCUT2D eigenvalue weighted by Crippen LogP contribution is -2.31. The van der Waals surface area contributed by atoms with E-state index in [2.05, 4.69) is 5.32 Å². The lowest BCUT2D eigenvalue weighted by atomic mass is 10.1. The Morgan fingerprint density at radius 3 is 2.38 bits per heavy atom. The first kappa shape index (κ1) is 16.4. The summed E-state index contributed by atoms with van der Waals surface area (Å²) in [7, 11) is 0. The SMILES string of the molecule is CCOC(=O)CNC(=O)/C(C)=C/c1ccc(C(=O)O)cc1. The van der Waals surface area contributed by atoms with Crippen molar-refractivity contribution in [3.8, 4) is 0 Å². The molecule has 0 heterocycles. The molecular formula is C15H17NO5. The first-order valence-electron chi connectivity index (χ1n) is 6.39. The van der Waals surface area contributed by atoms with Crippen LogP contribution in [0.25, 0.3) is 6.08 Å². The third-order valence-electron chi connectivity index (χ3n) is 2.60. The Morgan fingerprint density at radius 1 is 1.24 bits per heavy atom. The van der Waals surface area contributed by atoms with Gasteiger partial charge in [0.2, 0.25) is 5.91 Å². The van der Waals surface area contributed by atoms with Crippen LogP contribution in [0.2, 0.25) is 0 Å². The summed E-state index contributed by atoms with van der Waals surface area (Å²) in [5, 5.41) is 11.2. The lowest BCUT2D eigenvalue weighted by Gasteiger charge is -2.05. The molecule has 2 N–H and O–H groups in total. The molecule has 6 heteroatoms. The number of benzene rings is 1. The summed E-state index contributed by atoms with van der Waals surface area (Å²) in [6.45, 7) is 3.37. The molecule has 0 bridgehead atoms. The maximum Gasteiger partial charge on any atom is 0.335 e. The number of hydrogen-bond donors (Lipinski definition) is 2. The molecule has 1 aromatic rings. The van der Waals surface area contributed by atoms with Crippen LogP contribution in [0, 0.1) is 0 Å². The van der Waals surface area contributed by atoms with Gasteiger partial charge >= 0.3 is 11.9 Å². The van der Waals surface area contributed by atoms with Gasteiger partial charge in [-0.25, -0.2) is 4.79 Å². The van der Waals surface area contributed by atoms with Gasteiger partial charge in [-0.1, -0.05) is 12.1 Å². The van der Waals surface area contributed by atoms with Crippen LogP contribution in [-0.2, 0) is 14.3 Å². The Balaban J connectivity index is 2.64. The Kier molecular flexibility index (Phi) is 6.13. The van der Waals surface area contributed by atoms with Gasteiger partial charge in [0.05, 0.1) is 12.2 Å². The zero-order valence-corrected chi connectivity index (χ0v) is 11.9. The van der Waals surface area contributed by atoms with Gasteiger partial charge in [0.15, 0.2) is 0 Å². The second-order valence-electron chi connectivity index (χ2n) is 4.24.